The van der Waals surface area contributed by atoms with Crippen LogP contribution in [0.4, 0.5) is 0 Å². The number of aromatic nitrogens is 5. The molecule has 3 aromatic heterocycles. The van der Waals surface area contributed by atoms with Crippen molar-refractivity contribution in [3.05, 3.63) is 76.9 Å². The van der Waals surface area contributed by atoms with Crippen molar-refractivity contribution in [3.63, 3.8) is 0 Å². The van der Waals surface area contributed by atoms with Crippen LogP contribution in [0.1, 0.15) is 11.4 Å². The van der Waals surface area contributed by atoms with Gasteiger partial charge in [0.2, 0.25) is 0 Å². The Kier molecular flexibility index (Phi) is 4.59. The molecule has 0 bridgehead atoms. The minimum Gasteiger partial charge on any atom is -0.493 e. The van der Waals surface area contributed by atoms with Gasteiger partial charge in [0, 0.05) is 29.6 Å². The lowest BCUT2D eigenvalue weighted by atomic mass is 10.0. The maximum Gasteiger partial charge on any atom is 0.258 e. The minimum atomic E-state index is -0.226. The van der Waals surface area contributed by atoms with Crippen LogP contribution in [0, 0.1) is 0 Å². The van der Waals surface area contributed by atoms with Crippen molar-refractivity contribution in [1.29, 1.82) is 0 Å². The normalized spacial score (nSPS) is 11.2. The number of fused-ring (bicyclic) bond motifs is 2. The van der Waals surface area contributed by atoms with Crippen LogP contribution in [0.3, 0.4) is 0 Å². The van der Waals surface area contributed by atoms with Crippen LogP contribution in [0.25, 0.3) is 33.1 Å². The Morgan fingerprint density at radius 1 is 1.03 bits per heavy atom. The van der Waals surface area contributed by atoms with Gasteiger partial charge in [-0.15, -0.1) is 0 Å². The van der Waals surface area contributed by atoms with Gasteiger partial charge in [0.15, 0.2) is 11.5 Å². The smallest absolute Gasteiger partial charge is 0.258 e. The van der Waals surface area contributed by atoms with E-state index in [9.17, 15) is 4.79 Å². The summed E-state index contributed by atoms with van der Waals surface area (Å²) in [4.78, 5) is 32.0. The van der Waals surface area contributed by atoms with E-state index in [1.54, 1.807) is 38.0 Å². The molecule has 0 aliphatic heterocycles. The highest BCUT2D eigenvalue weighted by atomic mass is 16.5. The van der Waals surface area contributed by atoms with Gasteiger partial charge >= 0.3 is 0 Å². The van der Waals surface area contributed by atoms with Crippen molar-refractivity contribution in [2.45, 2.75) is 6.42 Å². The molecule has 2 N–H and O–H groups in total. The number of pyridine rings is 1. The summed E-state index contributed by atoms with van der Waals surface area (Å²) < 4.78 is 10.6. The summed E-state index contributed by atoms with van der Waals surface area (Å²) in [6.07, 6.45) is 5.67. The predicted molar refractivity (Wildman–Crippen MR) is 118 cm³/mol. The lowest BCUT2D eigenvalue weighted by molar-refractivity contribution is 0.355. The zero-order valence-electron chi connectivity index (χ0n) is 17.0. The molecule has 0 aliphatic rings. The second-order valence-corrected chi connectivity index (χ2v) is 7.10. The Balaban J connectivity index is 1.54. The Bertz CT molecular complexity index is 1460. The van der Waals surface area contributed by atoms with Gasteiger partial charge in [-0.2, -0.15) is 0 Å². The first-order valence-electron chi connectivity index (χ1n) is 9.67. The molecule has 0 amide bonds. The fourth-order valence-electron chi connectivity index (χ4n) is 3.72. The highest BCUT2D eigenvalue weighted by Crippen LogP contribution is 2.30. The van der Waals surface area contributed by atoms with Crippen molar-refractivity contribution in [2.75, 3.05) is 14.2 Å². The Hall–Kier alpha value is -4.20. The number of imidazole rings is 1. The van der Waals surface area contributed by atoms with E-state index in [2.05, 4.69) is 31.0 Å². The van der Waals surface area contributed by atoms with E-state index in [0.29, 0.717) is 34.6 Å². The summed E-state index contributed by atoms with van der Waals surface area (Å²) >= 11 is 0. The van der Waals surface area contributed by atoms with Crippen molar-refractivity contribution in [1.82, 2.24) is 24.9 Å². The third kappa shape index (κ3) is 3.38. The Morgan fingerprint density at radius 2 is 1.87 bits per heavy atom. The summed E-state index contributed by atoms with van der Waals surface area (Å²) in [7, 11) is 3.08. The molecular weight excluding hydrogens is 394 g/mol. The summed E-state index contributed by atoms with van der Waals surface area (Å²) in [5, 5.41) is 1.45. The van der Waals surface area contributed by atoms with Gasteiger partial charge in [0.25, 0.3) is 5.56 Å². The van der Waals surface area contributed by atoms with Gasteiger partial charge in [-0.25, -0.2) is 9.97 Å². The van der Waals surface area contributed by atoms with E-state index < -0.39 is 0 Å². The molecule has 3 heterocycles. The number of aromatic amines is 2. The average molecular weight is 413 g/mol. The lowest BCUT2D eigenvalue weighted by Gasteiger charge is -2.10. The average Bonchev–Trinajstić information content (AvgIpc) is 3.32. The molecule has 2 aromatic carbocycles. The maximum absolute atomic E-state index is 12.6. The number of hydrogen-bond acceptors (Lipinski definition) is 6. The molecule has 5 aromatic rings. The van der Waals surface area contributed by atoms with Crippen LogP contribution in [0.2, 0.25) is 0 Å². The molecule has 0 aliphatic carbocycles. The number of benzene rings is 2. The minimum absolute atomic E-state index is 0.226. The summed E-state index contributed by atoms with van der Waals surface area (Å²) in [5.74, 6) is 1.57. The molecule has 0 radical (unpaired) electrons. The molecule has 0 atom stereocenters. The molecule has 31 heavy (non-hydrogen) atoms. The van der Waals surface area contributed by atoms with Gasteiger partial charge < -0.3 is 19.4 Å². The van der Waals surface area contributed by atoms with E-state index in [0.717, 1.165) is 27.7 Å². The molecule has 0 saturated heterocycles. The standard InChI is InChI=1S/C23H19N5O3/c1-30-19-8-16-17(9-20(19)31-2)27-21(28-23(16)29)7-13-6-14-4-3-5-15(22(14)25-10-13)18-11-24-12-26-18/h3-6,8-12H,7H2,1-2H3,(H,24,26)(H,27,28,29). The molecule has 5 rings (SSSR count). The van der Waals surface area contributed by atoms with Crippen molar-refractivity contribution in [2.24, 2.45) is 0 Å². The predicted octanol–water partition coefficient (Wildman–Crippen LogP) is 3.47. The number of ether oxygens (including phenoxy) is 2. The number of H-pyrrole nitrogens is 2. The number of nitrogens with zero attached hydrogens (tertiary/aromatic N) is 3. The topological polar surface area (TPSA) is 106 Å². The van der Waals surface area contributed by atoms with E-state index in [1.807, 2.05) is 18.2 Å². The molecule has 8 nitrogen and oxygen atoms in total. The summed E-state index contributed by atoms with van der Waals surface area (Å²) in [5.41, 5.74) is 4.04. The monoisotopic (exact) mass is 413 g/mol. The van der Waals surface area contributed by atoms with Gasteiger partial charge in [0.05, 0.1) is 48.9 Å². The molecule has 8 heteroatoms. The van der Waals surface area contributed by atoms with Gasteiger partial charge in [-0.1, -0.05) is 18.2 Å². The van der Waals surface area contributed by atoms with Crippen LogP contribution in [0.15, 0.2) is 59.9 Å². The van der Waals surface area contributed by atoms with E-state index >= 15 is 0 Å². The SMILES string of the molecule is COc1cc2nc(Cc3cnc4c(-c5cnc[nH]5)cccc4c3)[nH]c(=O)c2cc1OC. The Labute approximate surface area is 176 Å². The van der Waals surface area contributed by atoms with Crippen LogP contribution in [-0.2, 0) is 6.42 Å². The third-order valence-corrected chi connectivity index (χ3v) is 5.19. The zero-order valence-corrected chi connectivity index (χ0v) is 17.0. The summed E-state index contributed by atoms with van der Waals surface area (Å²) in [6.45, 7) is 0. The van der Waals surface area contributed by atoms with Gasteiger partial charge in [0.1, 0.15) is 5.82 Å². The van der Waals surface area contributed by atoms with E-state index in [1.165, 1.54) is 7.11 Å². The molecule has 0 saturated carbocycles. The fourth-order valence-corrected chi connectivity index (χ4v) is 3.72. The van der Waals surface area contributed by atoms with E-state index in [4.69, 9.17) is 9.47 Å². The zero-order chi connectivity index (χ0) is 21.4. The number of methoxy groups -OCH3 is 2. The highest BCUT2D eigenvalue weighted by molar-refractivity contribution is 5.92. The lowest BCUT2D eigenvalue weighted by Crippen LogP contribution is -2.12. The van der Waals surface area contributed by atoms with Crippen LogP contribution >= 0.6 is 0 Å². The number of hydrogen-bond donors (Lipinski definition) is 2. The van der Waals surface area contributed by atoms with Gasteiger partial charge in [-0.3, -0.25) is 9.78 Å². The second-order valence-electron chi connectivity index (χ2n) is 7.10. The van der Waals surface area contributed by atoms with Crippen molar-refractivity contribution in [3.8, 4) is 22.8 Å². The number of nitrogens with one attached hydrogen (secondary N) is 2. The molecule has 0 unspecified atom stereocenters. The third-order valence-electron chi connectivity index (χ3n) is 5.19. The van der Waals surface area contributed by atoms with Crippen LogP contribution < -0.4 is 15.0 Å². The number of para-hydroxylation sites is 1. The van der Waals surface area contributed by atoms with Crippen LogP contribution in [0.5, 0.6) is 11.5 Å². The maximum atomic E-state index is 12.6. The quantitative estimate of drug-likeness (QED) is 0.457. The second kappa shape index (κ2) is 7.56. The largest absolute Gasteiger partial charge is 0.493 e. The molecule has 0 fully saturated rings. The Morgan fingerprint density at radius 3 is 2.65 bits per heavy atom. The van der Waals surface area contributed by atoms with Gasteiger partial charge in [-0.05, 0) is 17.7 Å². The highest BCUT2D eigenvalue weighted by Gasteiger charge is 2.12. The first-order valence-corrected chi connectivity index (χ1v) is 9.67. The van der Waals surface area contributed by atoms with Crippen LogP contribution in [-0.4, -0.2) is 39.1 Å². The van der Waals surface area contributed by atoms with Crippen molar-refractivity contribution < 1.29 is 9.47 Å². The first kappa shape index (κ1) is 18.8. The molecular formula is C23H19N5O3. The van der Waals surface area contributed by atoms with Crippen molar-refractivity contribution >= 4 is 21.8 Å². The van der Waals surface area contributed by atoms with E-state index in [-0.39, 0.29) is 5.56 Å². The summed E-state index contributed by atoms with van der Waals surface area (Å²) in [6, 6.07) is 11.4. The molecule has 0 spiro atoms. The number of rotatable bonds is 5. The molecule has 154 valence electrons. The first-order chi connectivity index (χ1) is 15.2. The fraction of sp³-hybridized carbons (Fsp3) is 0.130.